The first-order valence-corrected chi connectivity index (χ1v) is 10.6. The van der Waals surface area contributed by atoms with Crippen molar-refractivity contribution >= 4 is 41.1 Å². The SMILES string of the molecule is COC(=O)c1cc(CNC(=O)C(CCSC)NC(=O)c2ccccc2Cl)oc1C. The van der Waals surface area contributed by atoms with E-state index in [-0.39, 0.29) is 12.5 Å². The summed E-state index contributed by atoms with van der Waals surface area (Å²) in [4.78, 5) is 36.8. The van der Waals surface area contributed by atoms with Crippen LogP contribution in [-0.4, -0.2) is 42.9 Å². The smallest absolute Gasteiger partial charge is 0.341 e. The number of thioether (sulfide) groups is 1. The molecule has 29 heavy (non-hydrogen) atoms. The van der Waals surface area contributed by atoms with Gasteiger partial charge in [-0.05, 0) is 43.6 Å². The fraction of sp³-hybridized carbons (Fsp3) is 0.350. The number of halogens is 1. The van der Waals surface area contributed by atoms with Gasteiger partial charge >= 0.3 is 5.97 Å². The van der Waals surface area contributed by atoms with Crippen molar-refractivity contribution in [2.24, 2.45) is 0 Å². The number of aryl methyl sites for hydroxylation is 1. The van der Waals surface area contributed by atoms with Gasteiger partial charge in [0.15, 0.2) is 0 Å². The summed E-state index contributed by atoms with van der Waals surface area (Å²) in [5, 5.41) is 5.79. The van der Waals surface area contributed by atoms with Crippen LogP contribution in [0.3, 0.4) is 0 Å². The van der Waals surface area contributed by atoms with E-state index in [2.05, 4.69) is 15.4 Å². The average molecular weight is 439 g/mol. The minimum atomic E-state index is -0.734. The standard InChI is InChI=1S/C20H23ClN2O5S/c1-12-15(20(26)27-2)10-13(28-12)11-22-19(25)17(8-9-29-3)23-18(24)14-6-4-5-7-16(14)21/h4-7,10,17H,8-9,11H2,1-3H3,(H,22,25)(H,23,24). The maximum Gasteiger partial charge on any atom is 0.341 e. The zero-order valence-corrected chi connectivity index (χ0v) is 18.0. The molecule has 0 aliphatic carbocycles. The van der Waals surface area contributed by atoms with E-state index in [9.17, 15) is 14.4 Å². The molecule has 0 fully saturated rings. The zero-order chi connectivity index (χ0) is 21.4. The summed E-state index contributed by atoms with van der Waals surface area (Å²) in [6, 6.07) is 7.44. The molecule has 0 spiro atoms. The van der Waals surface area contributed by atoms with E-state index in [4.69, 9.17) is 16.0 Å². The fourth-order valence-electron chi connectivity index (χ4n) is 2.63. The number of nitrogens with one attached hydrogen (secondary N) is 2. The van der Waals surface area contributed by atoms with E-state index >= 15 is 0 Å². The molecule has 0 saturated carbocycles. The highest BCUT2D eigenvalue weighted by Gasteiger charge is 2.23. The lowest BCUT2D eigenvalue weighted by Gasteiger charge is -2.18. The number of carbonyl (C=O) groups excluding carboxylic acids is 3. The Bertz CT molecular complexity index is 884. The molecule has 1 heterocycles. The van der Waals surface area contributed by atoms with E-state index < -0.39 is 17.9 Å². The molecule has 0 radical (unpaired) electrons. The van der Waals surface area contributed by atoms with Gasteiger partial charge in [-0.2, -0.15) is 11.8 Å². The summed E-state index contributed by atoms with van der Waals surface area (Å²) >= 11 is 7.64. The summed E-state index contributed by atoms with van der Waals surface area (Å²) in [5.41, 5.74) is 0.614. The normalized spacial score (nSPS) is 11.6. The van der Waals surface area contributed by atoms with Crippen LogP contribution in [0.4, 0.5) is 0 Å². The number of esters is 1. The maximum atomic E-state index is 12.7. The highest BCUT2D eigenvalue weighted by molar-refractivity contribution is 7.98. The average Bonchev–Trinajstić information content (AvgIpc) is 3.09. The molecule has 2 rings (SSSR count). The van der Waals surface area contributed by atoms with E-state index in [0.717, 1.165) is 0 Å². The minimum Gasteiger partial charge on any atom is -0.465 e. The van der Waals surface area contributed by atoms with Crippen molar-refractivity contribution in [3.8, 4) is 0 Å². The van der Waals surface area contributed by atoms with Gasteiger partial charge in [-0.3, -0.25) is 9.59 Å². The third kappa shape index (κ3) is 6.27. The third-order valence-corrected chi connectivity index (χ3v) is 5.14. The Hall–Kier alpha value is -2.45. The Morgan fingerprint density at radius 3 is 2.62 bits per heavy atom. The lowest BCUT2D eigenvalue weighted by atomic mass is 10.1. The van der Waals surface area contributed by atoms with Gasteiger partial charge in [-0.1, -0.05) is 23.7 Å². The number of ether oxygens (including phenoxy) is 1. The van der Waals surface area contributed by atoms with Crippen LogP contribution in [0.15, 0.2) is 34.7 Å². The van der Waals surface area contributed by atoms with Crippen molar-refractivity contribution in [3.05, 3.63) is 58.0 Å². The first-order chi connectivity index (χ1) is 13.9. The number of furan rings is 1. The van der Waals surface area contributed by atoms with Gasteiger partial charge in [-0.25, -0.2) is 4.79 Å². The van der Waals surface area contributed by atoms with Crippen LogP contribution >= 0.6 is 23.4 Å². The van der Waals surface area contributed by atoms with Crippen molar-refractivity contribution in [1.29, 1.82) is 0 Å². The van der Waals surface area contributed by atoms with Crippen LogP contribution in [0.25, 0.3) is 0 Å². The lowest BCUT2D eigenvalue weighted by molar-refractivity contribution is -0.123. The Labute approximate surface area is 178 Å². The largest absolute Gasteiger partial charge is 0.465 e. The van der Waals surface area contributed by atoms with E-state index in [0.29, 0.717) is 39.8 Å². The van der Waals surface area contributed by atoms with Crippen LogP contribution in [-0.2, 0) is 16.1 Å². The fourth-order valence-corrected chi connectivity index (χ4v) is 3.32. The predicted octanol–water partition coefficient (Wildman–Crippen LogP) is 3.20. The Morgan fingerprint density at radius 2 is 1.97 bits per heavy atom. The first kappa shape index (κ1) is 22.8. The van der Waals surface area contributed by atoms with Crippen molar-refractivity contribution < 1.29 is 23.5 Å². The van der Waals surface area contributed by atoms with Gasteiger partial charge in [0.2, 0.25) is 5.91 Å². The summed E-state index contributed by atoms with van der Waals surface area (Å²) in [6.07, 6.45) is 2.37. The Kier molecular flexibility index (Phi) is 8.60. The molecular weight excluding hydrogens is 416 g/mol. The van der Waals surface area contributed by atoms with E-state index in [1.807, 2.05) is 6.26 Å². The maximum absolute atomic E-state index is 12.7. The topological polar surface area (TPSA) is 97.6 Å². The number of rotatable bonds is 9. The molecule has 9 heteroatoms. The van der Waals surface area contributed by atoms with Crippen molar-refractivity contribution in [3.63, 3.8) is 0 Å². The second-order valence-electron chi connectivity index (χ2n) is 6.18. The molecule has 0 bridgehead atoms. The highest BCUT2D eigenvalue weighted by Crippen LogP contribution is 2.17. The molecule has 0 aliphatic heterocycles. The van der Waals surface area contributed by atoms with Gasteiger partial charge in [0, 0.05) is 0 Å². The monoisotopic (exact) mass is 438 g/mol. The second-order valence-corrected chi connectivity index (χ2v) is 7.57. The molecule has 2 aromatic rings. The van der Waals surface area contributed by atoms with Gasteiger partial charge in [-0.15, -0.1) is 0 Å². The van der Waals surface area contributed by atoms with Crippen LogP contribution in [0.2, 0.25) is 5.02 Å². The predicted molar refractivity (Wildman–Crippen MR) is 112 cm³/mol. The van der Waals surface area contributed by atoms with E-state index in [1.165, 1.54) is 13.2 Å². The number of hydrogen-bond acceptors (Lipinski definition) is 6. The number of amides is 2. The quantitative estimate of drug-likeness (QED) is 0.583. The van der Waals surface area contributed by atoms with Crippen LogP contribution < -0.4 is 10.6 Å². The Morgan fingerprint density at radius 1 is 1.24 bits per heavy atom. The number of methoxy groups -OCH3 is 1. The number of hydrogen-bond donors (Lipinski definition) is 2. The molecule has 156 valence electrons. The molecule has 7 nitrogen and oxygen atoms in total. The minimum absolute atomic E-state index is 0.0778. The summed E-state index contributed by atoms with van der Waals surface area (Å²) in [5.74, 6) is 0.234. The molecule has 1 atom stereocenters. The number of benzene rings is 1. The molecule has 0 aliphatic rings. The van der Waals surface area contributed by atoms with Crippen LogP contribution in [0.1, 0.15) is 38.7 Å². The van der Waals surface area contributed by atoms with Gasteiger partial charge in [0.25, 0.3) is 5.91 Å². The van der Waals surface area contributed by atoms with Crippen molar-refractivity contribution in [2.75, 3.05) is 19.1 Å². The molecular formula is C20H23ClN2O5S. The molecule has 1 unspecified atom stereocenters. The van der Waals surface area contributed by atoms with Crippen molar-refractivity contribution in [2.45, 2.75) is 25.9 Å². The molecule has 0 saturated heterocycles. The van der Waals surface area contributed by atoms with Crippen molar-refractivity contribution in [1.82, 2.24) is 10.6 Å². The molecule has 1 aromatic carbocycles. The summed E-state index contributed by atoms with van der Waals surface area (Å²) in [7, 11) is 1.29. The first-order valence-electron chi connectivity index (χ1n) is 8.87. The summed E-state index contributed by atoms with van der Waals surface area (Å²) in [6.45, 7) is 1.72. The second kappa shape index (κ2) is 10.9. The Balaban J connectivity index is 2.04. The third-order valence-electron chi connectivity index (χ3n) is 4.16. The van der Waals surface area contributed by atoms with Crippen LogP contribution in [0, 0.1) is 6.92 Å². The van der Waals surface area contributed by atoms with Gasteiger partial charge < -0.3 is 19.8 Å². The molecule has 2 N–H and O–H groups in total. The van der Waals surface area contributed by atoms with Gasteiger partial charge in [0.05, 0.1) is 24.2 Å². The molecule has 2 amide bonds. The van der Waals surface area contributed by atoms with Crippen LogP contribution in [0.5, 0.6) is 0 Å². The van der Waals surface area contributed by atoms with Gasteiger partial charge in [0.1, 0.15) is 23.1 Å². The number of carbonyl (C=O) groups is 3. The zero-order valence-electron chi connectivity index (χ0n) is 16.4. The summed E-state index contributed by atoms with van der Waals surface area (Å²) < 4.78 is 10.2. The lowest BCUT2D eigenvalue weighted by Crippen LogP contribution is -2.46. The molecule has 1 aromatic heterocycles. The van der Waals surface area contributed by atoms with E-state index in [1.54, 1.807) is 43.0 Å². The highest BCUT2D eigenvalue weighted by atomic mass is 35.5.